The van der Waals surface area contributed by atoms with Crippen LogP contribution in [0.1, 0.15) is 24.1 Å². The second kappa shape index (κ2) is 9.20. The van der Waals surface area contributed by atoms with E-state index in [9.17, 15) is 9.90 Å². The lowest BCUT2D eigenvalue weighted by Crippen LogP contribution is -2.50. The van der Waals surface area contributed by atoms with Gasteiger partial charge in [-0.3, -0.25) is 0 Å². The van der Waals surface area contributed by atoms with Crippen molar-refractivity contribution in [3.63, 3.8) is 0 Å². The lowest BCUT2D eigenvalue weighted by Gasteiger charge is -2.35. The first-order valence-electron chi connectivity index (χ1n) is 9.43. The highest BCUT2D eigenvalue weighted by atomic mass is 16.5. The van der Waals surface area contributed by atoms with Gasteiger partial charge in [-0.25, -0.2) is 4.79 Å². The first kappa shape index (κ1) is 19.6. The standard InChI is InChI=1S/C24H25NO3/c1-2-28-23(26)24(27,18-19-12-6-3-7-13-19)22(20-14-8-4-9-15-20)25-21-16-10-5-11-17-21/h3-17,22,25,27H,2,18H2,1H3. The number of esters is 1. The Kier molecular flexibility index (Phi) is 6.45. The second-order valence-electron chi connectivity index (χ2n) is 6.66. The predicted molar refractivity (Wildman–Crippen MR) is 111 cm³/mol. The van der Waals surface area contributed by atoms with Gasteiger partial charge in [0.15, 0.2) is 5.60 Å². The summed E-state index contributed by atoms with van der Waals surface area (Å²) in [6.07, 6.45) is 0.131. The van der Waals surface area contributed by atoms with Crippen molar-refractivity contribution < 1.29 is 14.6 Å². The van der Waals surface area contributed by atoms with Gasteiger partial charge in [0.25, 0.3) is 0 Å². The molecule has 4 heteroatoms. The van der Waals surface area contributed by atoms with Crippen molar-refractivity contribution in [2.24, 2.45) is 0 Å². The van der Waals surface area contributed by atoms with Gasteiger partial charge >= 0.3 is 5.97 Å². The molecule has 2 atom stereocenters. The number of benzene rings is 3. The third kappa shape index (κ3) is 4.59. The van der Waals surface area contributed by atoms with Crippen LogP contribution in [-0.2, 0) is 16.0 Å². The zero-order valence-electron chi connectivity index (χ0n) is 15.9. The Bertz CT molecular complexity index is 868. The highest BCUT2D eigenvalue weighted by Crippen LogP contribution is 2.34. The maximum Gasteiger partial charge on any atom is 0.341 e. The molecule has 3 rings (SSSR count). The Balaban J connectivity index is 2.05. The number of nitrogens with one attached hydrogen (secondary N) is 1. The van der Waals surface area contributed by atoms with E-state index >= 15 is 0 Å². The molecule has 0 saturated heterocycles. The summed E-state index contributed by atoms with van der Waals surface area (Å²) in [4.78, 5) is 13.0. The molecule has 0 aromatic heterocycles. The quantitative estimate of drug-likeness (QED) is 0.574. The molecule has 0 aliphatic carbocycles. The molecule has 0 aliphatic heterocycles. The minimum Gasteiger partial charge on any atom is -0.464 e. The smallest absolute Gasteiger partial charge is 0.341 e. The normalized spacial score (nSPS) is 13.9. The maximum atomic E-state index is 13.0. The molecule has 0 saturated carbocycles. The predicted octanol–water partition coefficient (Wildman–Crippen LogP) is 4.38. The number of carbonyl (C=O) groups excluding carboxylic acids is 1. The van der Waals surface area contributed by atoms with Crippen LogP contribution in [0.15, 0.2) is 91.0 Å². The molecule has 28 heavy (non-hydrogen) atoms. The maximum absolute atomic E-state index is 13.0. The highest BCUT2D eigenvalue weighted by Gasteiger charge is 2.46. The Morgan fingerprint density at radius 3 is 2.04 bits per heavy atom. The molecule has 0 amide bonds. The third-order valence-electron chi connectivity index (χ3n) is 4.64. The first-order chi connectivity index (χ1) is 13.6. The van der Waals surface area contributed by atoms with Crippen LogP contribution < -0.4 is 5.32 Å². The summed E-state index contributed by atoms with van der Waals surface area (Å²) in [6.45, 7) is 1.94. The van der Waals surface area contributed by atoms with E-state index in [1.165, 1.54) is 0 Å². The Morgan fingerprint density at radius 2 is 1.46 bits per heavy atom. The van der Waals surface area contributed by atoms with Crippen LogP contribution >= 0.6 is 0 Å². The van der Waals surface area contributed by atoms with Gasteiger partial charge in [0.2, 0.25) is 0 Å². The van der Waals surface area contributed by atoms with Crippen molar-refractivity contribution in [3.05, 3.63) is 102 Å². The van der Waals surface area contributed by atoms with Crippen LogP contribution in [0.3, 0.4) is 0 Å². The van der Waals surface area contributed by atoms with Crippen LogP contribution in [0.5, 0.6) is 0 Å². The van der Waals surface area contributed by atoms with Gasteiger partial charge in [0, 0.05) is 12.1 Å². The third-order valence-corrected chi connectivity index (χ3v) is 4.64. The number of aliphatic hydroxyl groups is 1. The Labute approximate surface area is 165 Å². The number of hydrogen-bond donors (Lipinski definition) is 2. The van der Waals surface area contributed by atoms with Gasteiger partial charge in [-0.05, 0) is 30.2 Å². The SMILES string of the molecule is CCOC(=O)C(O)(Cc1ccccc1)C(Nc1ccccc1)c1ccccc1. The zero-order chi connectivity index (χ0) is 19.8. The Morgan fingerprint density at radius 1 is 0.929 bits per heavy atom. The van der Waals surface area contributed by atoms with Gasteiger partial charge < -0.3 is 15.2 Å². The summed E-state index contributed by atoms with van der Waals surface area (Å²) >= 11 is 0. The molecular formula is C24H25NO3. The van der Waals surface area contributed by atoms with E-state index < -0.39 is 17.6 Å². The zero-order valence-corrected chi connectivity index (χ0v) is 15.9. The lowest BCUT2D eigenvalue weighted by molar-refractivity contribution is -0.167. The monoisotopic (exact) mass is 375 g/mol. The van der Waals surface area contributed by atoms with Crippen molar-refractivity contribution in [3.8, 4) is 0 Å². The van der Waals surface area contributed by atoms with Crippen molar-refractivity contribution >= 4 is 11.7 Å². The fourth-order valence-corrected chi connectivity index (χ4v) is 3.28. The van der Waals surface area contributed by atoms with Crippen molar-refractivity contribution in [2.75, 3.05) is 11.9 Å². The molecule has 2 N–H and O–H groups in total. The van der Waals surface area contributed by atoms with E-state index in [4.69, 9.17) is 4.74 Å². The number of para-hydroxylation sites is 1. The summed E-state index contributed by atoms with van der Waals surface area (Å²) < 4.78 is 5.29. The average molecular weight is 375 g/mol. The van der Waals surface area contributed by atoms with Crippen LogP contribution in [0, 0.1) is 0 Å². The fraction of sp³-hybridized carbons (Fsp3) is 0.208. The largest absolute Gasteiger partial charge is 0.464 e. The summed E-state index contributed by atoms with van der Waals surface area (Å²) in [6, 6.07) is 27.8. The van der Waals surface area contributed by atoms with Gasteiger partial charge in [-0.15, -0.1) is 0 Å². The molecule has 0 heterocycles. The van der Waals surface area contributed by atoms with Gasteiger partial charge in [-0.1, -0.05) is 78.9 Å². The number of rotatable bonds is 8. The molecule has 0 bridgehead atoms. The molecule has 2 unspecified atom stereocenters. The van der Waals surface area contributed by atoms with Crippen LogP contribution in [0.4, 0.5) is 5.69 Å². The molecule has 3 aromatic carbocycles. The summed E-state index contributed by atoms with van der Waals surface area (Å²) in [7, 11) is 0. The molecule has 4 nitrogen and oxygen atoms in total. The lowest BCUT2D eigenvalue weighted by atomic mass is 9.83. The van der Waals surface area contributed by atoms with Crippen molar-refractivity contribution in [2.45, 2.75) is 25.0 Å². The second-order valence-corrected chi connectivity index (χ2v) is 6.66. The average Bonchev–Trinajstić information content (AvgIpc) is 2.74. The van der Waals surface area contributed by atoms with E-state index in [1.807, 2.05) is 91.0 Å². The van der Waals surface area contributed by atoms with E-state index in [-0.39, 0.29) is 13.0 Å². The summed E-state index contributed by atoms with van der Waals surface area (Å²) in [5, 5.41) is 15.0. The van der Waals surface area contributed by atoms with E-state index in [0.717, 1.165) is 16.8 Å². The highest BCUT2D eigenvalue weighted by molar-refractivity contribution is 5.82. The van der Waals surface area contributed by atoms with E-state index in [2.05, 4.69) is 5.32 Å². The summed E-state index contributed by atoms with van der Waals surface area (Å²) in [5.41, 5.74) is 0.688. The molecule has 0 spiro atoms. The molecule has 0 radical (unpaired) electrons. The van der Waals surface area contributed by atoms with E-state index in [0.29, 0.717) is 0 Å². The van der Waals surface area contributed by atoms with Gasteiger partial charge in [-0.2, -0.15) is 0 Å². The fourth-order valence-electron chi connectivity index (χ4n) is 3.28. The minimum atomic E-state index is -1.78. The number of anilines is 1. The Hall–Kier alpha value is -3.11. The topological polar surface area (TPSA) is 58.6 Å². The van der Waals surface area contributed by atoms with Crippen molar-refractivity contribution in [1.29, 1.82) is 0 Å². The molecular weight excluding hydrogens is 350 g/mol. The van der Waals surface area contributed by atoms with Crippen molar-refractivity contribution in [1.82, 2.24) is 0 Å². The first-order valence-corrected chi connectivity index (χ1v) is 9.43. The van der Waals surface area contributed by atoms with Gasteiger partial charge in [0.05, 0.1) is 12.6 Å². The van der Waals surface area contributed by atoms with Crippen LogP contribution in [-0.4, -0.2) is 23.3 Å². The molecule has 0 fully saturated rings. The van der Waals surface area contributed by atoms with Crippen LogP contribution in [0.2, 0.25) is 0 Å². The molecule has 3 aromatic rings. The number of carbonyl (C=O) groups is 1. The number of hydrogen-bond acceptors (Lipinski definition) is 4. The van der Waals surface area contributed by atoms with E-state index in [1.54, 1.807) is 6.92 Å². The minimum absolute atomic E-state index is 0.131. The number of ether oxygens (including phenoxy) is 1. The molecule has 0 aliphatic rings. The van der Waals surface area contributed by atoms with Gasteiger partial charge in [0.1, 0.15) is 0 Å². The van der Waals surface area contributed by atoms with Crippen LogP contribution in [0.25, 0.3) is 0 Å². The molecule has 144 valence electrons. The summed E-state index contributed by atoms with van der Waals surface area (Å²) in [5.74, 6) is -0.642.